The number of aromatic nitrogens is 1. The Hall–Kier alpha value is -3.39. The summed E-state index contributed by atoms with van der Waals surface area (Å²) in [6.45, 7) is 0. The van der Waals surface area contributed by atoms with Crippen molar-refractivity contribution in [1.29, 1.82) is 5.26 Å². The molecule has 0 N–H and O–H groups in total. The van der Waals surface area contributed by atoms with Crippen LogP contribution in [0.3, 0.4) is 0 Å². The molecule has 26 heavy (non-hydrogen) atoms. The van der Waals surface area contributed by atoms with Crippen molar-refractivity contribution in [3.05, 3.63) is 71.7 Å². The predicted octanol–water partition coefficient (Wildman–Crippen LogP) is 4.30. The van der Waals surface area contributed by atoms with Crippen LogP contribution in [0.5, 0.6) is 5.75 Å². The number of hydrogen-bond donors (Lipinski definition) is 0. The zero-order valence-electron chi connectivity index (χ0n) is 14.3. The lowest BCUT2D eigenvalue weighted by Gasteiger charge is -2.14. The molecule has 0 aliphatic carbocycles. The average molecular weight is 348 g/mol. The molecule has 1 heterocycles. The Bertz CT molecular complexity index is 969. The SMILES string of the molecule is COc1ccc(-c2ccc(CCC=O)n2-c2ccc(C#N)c(F)c2)cc1. The monoisotopic (exact) mass is 348 g/mol. The van der Waals surface area contributed by atoms with Gasteiger partial charge in [0.05, 0.1) is 18.4 Å². The number of aldehydes is 1. The van der Waals surface area contributed by atoms with Gasteiger partial charge >= 0.3 is 0 Å². The highest BCUT2D eigenvalue weighted by Gasteiger charge is 2.14. The molecule has 4 nitrogen and oxygen atoms in total. The summed E-state index contributed by atoms with van der Waals surface area (Å²) >= 11 is 0. The second-order valence-corrected chi connectivity index (χ2v) is 5.76. The van der Waals surface area contributed by atoms with E-state index in [0.717, 1.165) is 29.0 Å². The lowest BCUT2D eigenvalue weighted by molar-refractivity contribution is -0.107. The summed E-state index contributed by atoms with van der Waals surface area (Å²) in [6, 6.07) is 17.8. The Morgan fingerprint density at radius 2 is 1.92 bits per heavy atom. The number of benzene rings is 2. The fourth-order valence-corrected chi connectivity index (χ4v) is 2.91. The minimum Gasteiger partial charge on any atom is -0.497 e. The van der Waals surface area contributed by atoms with Crippen molar-refractivity contribution in [2.45, 2.75) is 12.8 Å². The van der Waals surface area contributed by atoms with Gasteiger partial charge in [0.2, 0.25) is 0 Å². The maximum absolute atomic E-state index is 14.2. The van der Waals surface area contributed by atoms with Crippen LogP contribution in [-0.4, -0.2) is 18.0 Å². The molecule has 0 unspecified atom stereocenters. The van der Waals surface area contributed by atoms with E-state index in [1.807, 2.05) is 47.0 Å². The molecule has 0 fully saturated rings. The van der Waals surface area contributed by atoms with Gasteiger partial charge < -0.3 is 14.1 Å². The molecule has 0 amide bonds. The quantitative estimate of drug-likeness (QED) is 0.624. The standard InChI is InChI=1S/C21H17FN2O2/c1-26-19-9-5-15(6-10-19)21-11-8-17(3-2-12-25)24(21)18-7-4-16(14-23)20(22)13-18/h4-13H,2-3H2,1H3. The van der Waals surface area contributed by atoms with Crippen LogP contribution in [0, 0.1) is 17.1 Å². The third-order valence-corrected chi connectivity index (χ3v) is 4.20. The summed E-state index contributed by atoms with van der Waals surface area (Å²) in [4.78, 5) is 10.8. The van der Waals surface area contributed by atoms with Gasteiger partial charge in [-0.05, 0) is 66.6 Å². The number of rotatable bonds is 6. The zero-order valence-corrected chi connectivity index (χ0v) is 14.3. The molecular formula is C21H17FN2O2. The molecule has 0 atom stereocenters. The first-order valence-electron chi connectivity index (χ1n) is 8.16. The fraction of sp³-hybridized carbons (Fsp3) is 0.143. The molecule has 2 aromatic carbocycles. The number of ether oxygens (including phenoxy) is 1. The van der Waals surface area contributed by atoms with Crippen LogP contribution in [0.1, 0.15) is 17.7 Å². The zero-order chi connectivity index (χ0) is 18.5. The number of carbonyl (C=O) groups is 1. The van der Waals surface area contributed by atoms with E-state index in [1.54, 1.807) is 13.2 Å². The van der Waals surface area contributed by atoms with E-state index in [1.165, 1.54) is 12.1 Å². The van der Waals surface area contributed by atoms with Gasteiger partial charge in [0.1, 0.15) is 23.9 Å². The third-order valence-electron chi connectivity index (χ3n) is 4.20. The Kier molecular flexibility index (Phi) is 5.14. The maximum Gasteiger partial charge on any atom is 0.143 e. The molecule has 0 bridgehead atoms. The number of nitriles is 1. The van der Waals surface area contributed by atoms with E-state index in [4.69, 9.17) is 10.00 Å². The van der Waals surface area contributed by atoms with Crippen LogP contribution in [-0.2, 0) is 11.2 Å². The van der Waals surface area contributed by atoms with Gasteiger partial charge in [-0.3, -0.25) is 0 Å². The second kappa shape index (κ2) is 7.66. The van der Waals surface area contributed by atoms with Crippen molar-refractivity contribution in [2.75, 3.05) is 7.11 Å². The van der Waals surface area contributed by atoms with Crippen molar-refractivity contribution in [2.24, 2.45) is 0 Å². The molecule has 130 valence electrons. The molecule has 3 rings (SSSR count). The number of halogens is 1. The van der Waals surface area contributed by atoms with Crippen molar-refractivity contribution < 1.29 is 13.9 Å². The Morgan fingerprint density at radius 3 is 2.54 bits per heavy atom. The van der Waals surface area contributed by atoms with Crippen molar-refractivity contribution in [3.8, 4) is 28.8 Å². The summed E-state index contributed by atoms with van der Waals surface area (Å²) < 4.78 is 21.3. The summed E-state index contributed by atoms with van der Waals surface area (Å²) in [5.74, 6) is 0.179. The van der Waals surface area contributed by atoms with Crippen LogP contribution in [0.2, 0.25) is 0 Å². The second-order valence-electron chi connectivity index (χ2n) is 5.76. The molecule has 3 aromatic rings. The van der Waals surface area contributed by atoms with Crippen LogP contribution in [0.25, 0.3) is 16.9 Å². The minimum atomic E-state index is -0.569. The Morgan fingerprint density at radius 1 is 1.15 bits per heavy atom. The molecule has 0 aliphatic rings. The normalized spacial score (nSPS) is 10.3. The molecule has 1 aromatic heterocycles. The largest absolute Gasteiger partial charge is 0.497 e. The highest BCUT2D eigenvalue weighted by Crippen LogP contribution is 2.29. The van der Waals surface area contributed by atoms with Gasteiger partial charge in [0.15, 0.2) is 0 Å². The number of aryl methyl sites for hydroxylation is 1. The van der Waals surface area contributed by atoms with E-state index in [2.05, 4.69) is 0 Å². The maximum atomic E-state index is 14.2. The summed E-state index contributed by atoms with van der Waals surface area (Å²) in [6.07, 6.45) is 1.79. The number of hydrogen-bond acceptors (Lipinski definition) is 3. The van der Waals surface area contributed by atoms with Crippen LogP contribution in [0.4, 0.5) is 4.39 Å². The molecule has 5 heteroatoms. The van der Waals surface area contributed by atoms with Crippen LogP contribution in [0.15, 0.2) is 54.6 Å². The highest BCUT2D eigenvalue weighted by atomic mass is 19.1. The first-order chi connectivity index (χ1) is 12.7. The molecule has 0 saturated heterocycles. The van der Waals surface area contributed by atoms with E-state index >= 15 is 0 Å². The van der Waals surface area contributed by atoms with Crippen LogP contribution >= 0.6 is 0 Å². The number of carbonyl (C=O) groups excluding carboxylic acids is 1. The van der Waals surface area contributed by atoms with Gasteiger partial charge in [-0.2, -0.15) is 5.26 Å². The van der Waals surface area contributed by atoms with Crippen LogP contribution < -0.4 is 4.74 Å². The first kappa shape index (κ1) is 17.4. The van der Waals surface area contributed by atoms with Crippen molar-refractivity contribution in [3.63, 3.8) is 0 Å². The third kappa shape index (κ3) is 3.35. The lowest BCUT2D eigenvalue weighted by Crippen LogP contribution is -2.04. The first-order valence-corrected chi connectivity index (χ1v) is 8.16. The smallest absolute Gasteiger partial charge is 0.143 e. The van der Waals surface area contributed by atoms with Gasteiger partial charge in [0.25, 0.3) is 0 Å². The number of nitrogens with zero attached hydrogens (tertiary/aromatic N) is 2. The summed E-state index contributed by atoms with van der Waals surface area (Å²) in [5.41, 5.74) is 3.32. The van der Waals surface area contributed by atoms with Gasteiger partial charge in [-0.1, -0.05) is 0 Å². The minimum absolute atomic E-state index is 0.00125. The van der Waals surface area contributed by atoms with Gasteiger partial charge in [-0.15, -0.1) is 0 Å². The topological polar surface area (TPSA) is 55.0 Å². The van der Waals surface area contributed by atoms with E-state index in [9.17, 15) is 9.18 Å². The molecule has 0 aliphatic heterocycles. The Balaban J connectivity index is 2.13. The van der Waals surface area contributed by atoms with E-state index in [0.29, 0.717) is 18.5 Å². The van der Waals surface area contributed by atoms with Crippen molar-refractivity contribution in [1.82, 2.24) is 4.57 Å². The van der Waals surface area contributed by atoms with Gasteiger partial charge in [-0.25, -0.2) is 4.39 Å². The lowest BCUT2D eigenvalue weighted by atomic mass is 10.1. The molecule has 0 saturated carbocycles. The van der Waals surface area contributed by atoms with Crippen molar-refractivity contribution >= 4 is 6.29 Å². The fourth-order valence-electron chi connectivity index (χ4n) is 2.91. The predicted molar refractivity (Wildman–Crippen MR) is 96.8 cm³/mol. The van der Waals surface area contributed by atoms with Gasteiger partial charge in [0, 0.05) is 17.8 Å². The molecule has 0 spiro atoms. The number of methoxy groups -OCH3 is 1. The Labute approximate surface area is 151 Å². The molecular weight excluding hydrogens is 331 g/mol. The highest BCUT2D eigenvalue weighted by molar-refractivity contribution is 5.65. The van der Waals surface area contributed by atoms with E-state index in [-0.39, 0.29) is 5.56 Å². The molecule has 0 radical (unpaired) electrons. The summed E-state index contributed by atoms with van der Waals surface area (Å²) in [5, 5.41) is 8.95. The van der Waals surface area contributed by atoms with E-state index < -0.39 is 5.82 Å². The average Bonchev–Trinajstić information content (AvgIpc) is 3.10. The summed E-state index contributed by atoms with van der Waals surface area (Å²) in [7, 11) is 1.61.